The van der Waals surface area contributed by atoms with Crippen molar-refractivity contribution in [2.45, 2.75) is 32.6 Å². The lowest BCUT2D eigenvalue weighted by atomic mass is 9.96. The number of nitrogens with zero attached hydrogens (tertiary/aromatic N) is 1. The summed E-state index contributed by atoms with van der Waals surface area (Å²) in [5, 5.41) is 8.95. The third kappa shape index (κ3) is 4.29. The summed E-state index contributed by atoms with van der Waals surface area (Å²) in [7, 11) is 1.69. The predicted molar refractivity (Wildman–Crippen MR) is 67.2 cm³/mol. The first kappa shape index (κ1) is 15.0. The molecule has 1 heterocycles. The highest BCUT2D eigenvalue weighted by molar-refractivity contribution is 5.96. The lowest BCUT2D eigenvalue weighted by Crippen LogP contribution is -2.38. The highest BCUT2D eigenvalue weighted by Crippen LogP contribution is 2.19. The van der Waals surface area contributed by atoms with Gasteiger partial charge in [0.05, 0.1) is 0 Å². The van der Waals surface area contributed by atoms with E-state index in [0.29, 0.717) is 18.9 Å². The number of amides is 1. The molecule has 0 saturated carbocycles. The molecule has 0 spiro atoms. The van der Waals surface area contributed by atoms with E-state index in [2.05, 4.69) is 0 Å². The summed E-state index contributed by atoms with van der Waals surface area (Å²) in [5.41, 5.74) is 0. The summed E-state index contributed by atoms with van der Waals surface area (Å²) in [6.45, 7) is 3.96. The number of carboxylic acids is 1. The molecule has 1 aliphatic heterocycles. The molecule has 1 unspecified atom stereocenters. The zero-order valence-electron chi connectivity index (χ0n) is 11.2. The zero-order valence-corrected chi connectivity index (χ0v) is 11.2. The Labute approximate surface area is 108 Å². The molecule has 1 amide bonds. The lowest BCUT2D eigenvalue weighted by Gasteiger charge is -2.26. The molecule has 5 heteroatoms. The largest absolute Gasteiger partial charge is 0.481 e. The maximum Gasteiger partial charge on any atom is 0.316 e. The van der Waals surface area contributed by atoms with Crippen molar-refractivity contribution in [2.24, 2.45) is 11.8 Å². The average molecular weight is 257 g/mol. The molecule has 5 nitrogen and oxygen atoms in total. The molecule has 1 aliphatic rings. The van der Waals surface area contributed by atoms with Gasteiger partial charge in [-0.15, -0.1) is 0 Å². The van der Waals surface area contributed by atoms with Crippen LogP contribution < -0.4 is 0 Å². The maximum atomic E-state index is 11.9. The second kappa shape index (κ2) is 7.36. The fourth-order valence-electron chi connectivity index (χ4n) is 2.24. The van der Waals surface area contributed by atoms with Crippen LogP contribution in [-0.2, 0) is 14.3 Å². The van der Waals surface area contributed by atoms with Gasteiger partial charge >= 0.3 is 5.97 Å². The normalized spacial score (nSPS) is 18.3. The Morgan fingerprint density at radius 1 is 1.39 bits per heavy atom. The summed E-state index contributed by atoms with van der Waals surface area (Å²) < 4.78 is 5.28. The topological polar surface area (TPSA) is 66.8 Å². The van der Waals surface area contributed by atoms with E-state index < -0.39 is 11.9 Å². The Balaban J connectivity index is 2.36. The van der Waals surface area contributed by atoms with Gasteiger partial charge in [-0.1, -0.05) is 6.92 Å². The minimum Gasteiger partial charge on any atom is -0.481 e. The molecule has 0 aromatic carbocycles. The van der Waals surface area contributed by atoms with Crippen LogP contribution in [0.4, 0.5) is 0 Å². The molecule has 1 atom stereocenters. The summed E-state index contributed by atoms with van der Waals surface area (Å²) in [4.78, 5) is 24.4. The van der Waals surface area contributed by atoms with Crippen LogP contribution in [0.3, 0.4) is 0 Å². The first-order chi connectivity index (χ1) is 8.56. The molecule has 104 valence electrons. The molecule has 0 aromatic rings. The van der Waals surface area contributed by atoms with Gasteiger partial charge in [-0.25, -0.2) is 0 Å². The number of ether oxygens (including phenoxy) is 1. The molecule has 1 rings (SSSR count). The van der Waals surface area contributed by atoms with Gasteiger partial charge in [0, 0.05) is 26.8 Å². The Bertz CT molecular complexity index is 287. The molecular weight excluding hydrogens is 234 g/mol. The van der Waals surface area contributed by atoms with E-state index >= 15 is 0 Å². The molecule has 0 bridgehead atoms. The van der Waals surface area contributed by atoms with Crippen LogP contribution in [0.5, 0.6) is 0 Å². The van der Waals surface area contributed by atoms with Crippen LogP contribution in [0.1, 0.15) is 32.6 Å². The third-order valence-corrected chi connectivity index (χ3v) is 3.59. The summed E-state index contributed by atoms with van der Waals surface area (Å²) in [6.07, 6.45) is 3.35. The van der Waals surface area contributed by atoms with Gasteiger partial charge in [-0.2, -0.15) is 0 Å². The number of aliphatic carboxylic acids is 1. The maximum absolute atomic E-state index is 11.9. The first-order valence-corrected chi connectivity index (χ1v) is 6.61. The van der Waals surface area contributed by atoms with Gasteiger partial charge in [0.2, 0.25) is 5.91 Å². The average Bonchev–Trinajstić information content (AvgIpc) is 2.37. The van der Waals surface area contributed by atoms with E-state index in [9.17, 15) is 9.59 Å². The van der Waals surface area contributed by atoms with Crippen molar-refractivity contribution in [1.82, 2.24) is 4.90 Å². The van der Waals surface area contributed by atoms with Gasteiger partial charge in [0.1, 0.15) is 5.92 Å². The third-order valence-electron chi connectivity index (χ3n) is 3.59. The van der Waals surface area contributed by atoms with Crippen molar-refractivity contribution in [2.75, 3.05) is 26.8 Å². The van der Waals surface area contributed by atoms with Gasteiger partial charge in [-0.05, 0) is 31.6 Å². The number of carbonyl (C=O) groups is 2. The van der Waals surface area contributed by atoms with Gasteiger partial charge < -0.3 is 14.7 Å². The van der Waals surface area contributed by atoms with E-state index in [1.165, 1.54) is 0 Å². The number of carbonyl (C=O) groups excluding carboxylic acids is 1. The minimum absolute atomic E-state index is 0.281. The SMILES string of the molecule is CCC(C(=O)O)C(=O)N(C)CCC1CCOCC1. The standard InChI is InChI=1S/C13H23NO4/c1-3-11(13(16)17)12(15)14(2)7-4-10-5-8-18-9-6-10/h10-11H,3-9H2,1-2H3,(H,16,17). The van der Waals surface area contributed by atoms with Crippen LogP contribution in [0.25, 0.3) is 0 Å². The smallest absolute Gasteiger partial charge is 0.316 e. The highest BCUT2D eigenvalue weighted by atomic mass is 16.5. The summed E-state index contributed by atoms with van der Waals surface area (Å²) in [6, 6.07) is 0. The number of hydrogen-bond donors (Lipinski definition) is 1. The minimum atomic E-state index is -1.03. The molecule has 0 radical (unpaired) electrons. The first-order valence-electron chi connectivity index (χ1n) is 6.61. The van der Waals surface area contributed by atoms with Crippen LogP contribution in [0.15, 0.2) is 0 Å². The van der Waals surface area contributed by atoms with Gasteiger partial charge in [-0.3, -0.25) is 9.59 Å². The van der Waals surface area contributed by atoms with Crippen LogP contribution in [-0.4, -0.2) is 48.7 Å². The molecule has 0 aliphatic carbocycles. The number of rotatable bonds is 6. The van der Waals surface area contributed by atoms with Crippen molar-refractivity contribution in [3.63, 3.8) is 0 Å². The fourth-order valence-corrected chi connectivity index (χ4v) is 2.24. The summed E-state index contributed by atoms with van der Waals surface area (Å²) in [5.74, 6) is -1.61. The summed E-state index contributed by atoms with van der Waals surface area (Å²) >= 11 is 0. The van der Waals surface area contributed by atoms with E-state index in [-0.39, 0.29) is 5.91 Å². The quantitative estimate of drug-likeness (QED) is 0.730. The molecule has 1 fully saturated rings. The second-order valence-corrected chi connectivity index (χ2v) is 4.90. The molecule has 0 aromatic heterocycles. The van der Waals surface area contributed by atoms with Crippen molar-refractivity contribution < 1.29 is 19.4 Å². The fraction of sp³-hybridized carbons (Fsp3) is 0.846. The van der Waals surface area contributed by atoms with E-state index in [4.69, 9.17) is 9.84 Å². The Morgan fingerprint density at radius 2 is 2.00 bits per heavy atom. The monoisotopic (exact) mass is 257 g/mol. The number of carboxylic acid groups (broad SMARTS) is 1. The van der Waals surface area contributed by atoms with Crippen molar-refractivity contribution in [1.29, 1.82) is 0 Å². The van der Waals surface area contributed by atoms with E-state index in [1.54, 1.807) is 18.9 Å². The van der Waals surface area contributed by atoms with Crippen molar-refractivity contribution in [3.8, 4) is 0 Å². The Morgan fingerprint density at radius 3 is 2.50 bits per heavy atom. The Kier molecular flexibility index (Phi) is 6.12. The van der Waals surface area contributed by atoms with Gasteiger partial charge in [0.15, 0.2) is 0 Å². The highest BCUT2D eigenvalue weighted by Gasteiger charge is 2.27. The predicted octanol–water partition coefficient (Wildman–Crippen LogP) is 1.37. The molecular formula is C13H23NO4. The van der Waals surface area contributed by atoms with E-state index in [0.717, 1.165) is 32.5 Å². The Hall–Kier alpha value is -1.10. The molecule has 1 N–H and O–H groups in total. The second-order valence-electron chi connectivity index (χ2n) is 4.90. The number of hydrogen-bond acceptors (Lipinski definition) is 3. The van der Waals surface area contributed by atoms with Crippen molar-refractivity contribution >= 4 is 11.9 Å². The van der Waals surface area contributed by atoms with Crippen molar-refractivity contribution in [3.05, 3.63) is 0 Å². The zero-order chi connectivity index (χ0) is 13.5. The molecule has 18 heavy (non-hydrogen) atoms. The van der Waals surface area contributed by atoms with E-state index in [1.807, 2.05) is 0 Å². The van der Waals surface area contributed by atoms with Crippen LogP contribution in [0, 0.1) is 11.8 Å². The molecule has 1 saturated heterocycles. The van der Waals surface area contributed by atoms with Crippen LogP contribution in [0.2, 0.25) is 0 Å². The lowest BCUT2D eigenvalue weighted by molar-refractivity contribution is -0.150. The van der Waals surface area contributed by atoms with Gasteiger partial charge in [0.25, 0.3) is 0 Å². The van der Waals surface area contributed by atoms with Crippen LogP contribution >= 0.6 is 0 Å².